The van der Waals surface area contributed by atoms with Crippen molar-refractivity contribution in [3.05, 3.63) is 77.6 Å². The second kappa shape index (κ2) is 9.11. The van der Waals surface area contributed by atoms with Gasteiger partial charge in [-0.3, -0.25) is 4.98 Å². The first kappa shape index (κ1) is 21.3. The van der Waals surface area contributed by atoms with Gasteiger partial charge in [-0.1, -0.05) is 6.07 Å². The summed E-state index contributed by atoms with van der Waals surface area (Å²) in [6.07, 6.45) is 6.10. The van der Waals surface area contributed by atoms with E-state index in [2.05, 4.69) is 63.0 Å². The summed E-state index contributed by atoms with van der Waals surface area (Å²) >= 11 is 0. The molecule has 0 bridgehead atoms. The summed E-state index contributed by atoms with van der Waals surface area (Å²) in [5.74, 6) is -0.619. The van der Waals surface area contributed by atoms with Gasteiger partial charge >= 0.3 is 5.97 Å². The van der Waals surface area contributed by atoms with Gasteiger partial charge in [0.2, 0.25) is 0 Å². The Morgan fingerprint density at radius 3 is 2.64 bits per heavy atom. The molecule has 2 aliphatic rings. The lowest BCUT2D eigenvalue weighted by Gasteiger charge is -2.37. The predicted molar refractivity (Wildman–Crippen MR) is 130 cm³/mol. The van der Waals surface area contributed by atoms with Crippen LogP contribution >= 0.6 is 0 Å². The molecular weight excluding hydrogens is 416 g/mol. The summed E-state index contributed by atoms with van der Waals surface area (Å²) in [6, 6.07) is 16.4. The maximum absolute atomic E-state index is 11.5. The van der Waals surface area contributed by atoms with Crippen molar-refractivity contribution in [1.29, 1.82) is 0 Å². The number of nitrogens with zero attached hydrogens (tertiary/aromatic N) is 2. The smallest absolute Gasteiger partial charge is 0.337 e. The van der Waals surface area contributed by atoms with Crippen LogP contribution in [0.1, 0.15) is 40.2 Å². The Morgan fingerprint density at radius 2 is 1.88 bits per heavy atom. The normalized spacial score (nSPS) is 17.7. The van der Waals surface area contributed by atoms with Crippen molar-refractivity contribution in [3.63, 3.8) is 0 Å². The number of anilines is 4. The number of hydrogen-bond donors (Lipinski definition) is 4. The molecule has 1 aromatic heterocycles. The molecule has 5 rings (SSSR count). The fraction of sp³-hybridized carbons (Fsp3) is 0.308. The Balaban J connectivity index is 1.25. The van der Waals surface area contributed by atoms with Gasteiger partial charge in [0.1, 0.15) is 0 Å². The Bertz CT molecular complexity index is 1140. The molecular formula is C26H28N4O3. The number of aromatic carboxylic acids is 1. The number of hydrogen-bond acceptors (Lipinski definition) is 6. The molecule has 7 heteroatoms. The zero-order chi connectivity index (χ0) is 22.8. The Morgan fingerprint density at radius 1 is 1.09 bits per heavy atom. The summed E-state index contributed by atoms with van der Waals surface area (Å²) in [7, 11) is 0. The van der Waals surface area contributed by atoms with Crippen molar-refractivity contribution in [2.45, 2.75) is 31.3 Å². The molecule has 7 nitrogen and oxygen atoms in total. The molecule has 2 heterocycles. The lowest BCUT2D eigenvalue weighted by molar-refractivity contribution is 0.0697. The van der Waals surface area contributed by atoms with Crippen LogP contribution in [0, 0.1) is 0 Å². The van der Waals surface area contributed by atoms with Crippen molar-refractivity contribution in [2.24, 2.45) is 0 Å². The second-order valence-electron chi connectivity index (χ2n) is 8.84. The van der Waals surface area contributed by atoms with Crippen molar-refractivity contribution in [1.82, 2.24) is 4.98 Å². The van der Waals surface area contributed by atoms with Gasteiger partial charge in [-0.25, -0.2) is 4.79 Å². The van der Waals surface area contributed by atoms with Crippen molar-refractivity contribution >= 4 is 28.7 Å². The number of fused-ring (bicyclic) bond motifs is 1. The molecule has 2 aromatic carbocycles. The van der Waals surface area contributed by atoms with Gasteiger partial charge < -0.3 is 25.7 Å². The van der Waals surface area contributed by atoms with Crippen LogP contribution in [0.15, 0.2) is 60.9 Å². The summed E-state index contributed by atoms with van der Waals surface area (Å²) in [5.41, 5.74) is 6.71. The van der Waals surface area contributed by atoms with Gasteiger partial charge in [0.15, 0.2) is 0 Å². The monoisotopic (exact) mass is 444 g/mol. The van der Waals surface area contributed by atoms with E-state index in [1.807, 2.05) is 0 Å². The number of rotatable bonds is 7. The number of pyridine rings is 1. The zero-order valence-corrected chi connectivity index (χ0v) is 18.4. The highest BCUT2D eigenvalue weighted by Crippen LogP contribution is 2.34. The number of aryl methyl sites for hydroxylation is 1. The SMILES string of the molecule is O=C(O)c1ccncc1NC[C@@H]1CCCc2cc(Nc3ccc(N4CC(O)C4)cc3)ccc21. The molecule has 1 aliphatic carbocycles. The molecule has 0 amide bonds. The van der Waals surface area contributed by atoms with E-state index in [9.17, 15) is 15.0 Å². The van der Waals surface area contributed by atoms with Crippen LogP contribution in [0.5, 0.6) is 0 Å². The number of nitrogens with one attached hydrogen (secondary N) is 2. The lowest BCUT2D eigenvalue weighted by Crippen LogP contribution is -2.50. The second-order valence-corrected chi connectivity index (χ2v) is 8.84. The molecule has 1 atom stereocenters. The van der Waals surface area contributed by atoms with Gasteiger partial charge in [0, 0.05) is 48.8 Å². The first-order chi connectivity index (χ1) is 16.1. The van der Waals surface area contributed by atoms with E-state index in [0.717, 1.165) is 36.3 Å². The van der Waals surface area contributed by atoms with Crippen molar-refractivity contribution in [2.75, 3.05) is 35.2 Å². The van der Waals surface area contributed by atoms with Crippen LogP contribution in [-0.4, -0.2) is 46.9 Å². The number of carbonyl (C=O) groups is 1. The predicted octanol–water partition coefficient (Wildman–Crippen LogP) is 4.24. The Hall–Kier alpha value is -3.58. The highest BCUT2D eigenvalue weighted by atomic mass is 16.4. The van der Waals surface area contributed by atoms with Crippen LogP contribution in [0.3, 0.4) is 0 Å². The van der Waals surface area contributed by atoms with Gasteiger partial charge in [-0.15, -0.1) is 0 Å². The van der Waals surface area contributed by atoms with Crippen LogP contribution in [-0.2, 0) is 6.42 Å². The molecule has 0 unspecified atom stereocenters. The number of aliphatic hydroxyl groups excluding tert-OH is 1. The van der Waals surface area contributed by atoms with Crippen LogP contribution in [0.2, 0.25) is 0 Å². The fourth-order valence-electron chi connectivity index (χ4n) is 4.75. The topological polar surface area (TPSA) is 97.7 Å². The minimum absolute atomic E-state index is 0.207. The first-order valence-corrected chi connectivity index (χ1v) is 11.4. The molecule has 1 aliphatic heterocycles. The number of β-amino-alcohol motifs (C(OH)–C–C–N with tert-alkyl or cyclic N) is 1. The van der Waals surface area contributed by atoms with E-state index in [0.29, 0.717) is 31.2 Å². The van der Waals surface area contributed by atoms with E-state index in [1.165, 1.54) is 23.4 Å². The summed E-state index contributed by atoms with van der Waals surface area (Å²) in [5, 5.41) is 25.7. The molecule has 0 spiro atoms. The van der Waals surface area contributed by atoms with Gasteiger partial charge in [-0.2, -0.15) is 0 Å². The summed E-state index contributed by atoms with van der Waals surface area (Å²) in [4.78, 5) is 17.7. The van der Waals surface area contributed by atoms with E-state index in [1.54, 1.807) is 6.20 Å². The van der Waals surface area contributed by atoms with Gasteiger partial charge in [0.25, 0.3) is 0 Å². The minimum atomic E-state index is -0.949. The molecule has 0 radical (unpaired) electrons. The third-order valence-corrected chi connectivity index (χ3v) is 6.56. The molecule has 4 N–H and O–H groups in total. The maximum Gasteiger partial charge on any atom is 0.337 e. The molecule has 1 fully saturated rings. The van der Waals surface area contributed by atoms with E-state index >= 15 is 0 Å². The minimum Gasteiger partial charge on any atom is -0.478 e. The average molecular weight is 445 g/mol. The highest BCUT2D eigenvalue weighted by Gasteiger charge is 2.24. The number of benzene rings is 2. The maximum atomic E-state index is 11.5. The summed E-state index contributed by atoms with van der Waals surface area (Å²) in [6.45, 7) is 2.08. The molecule has 33 heavy (non-hydrogen) atoms. The fourth-order valence-corrected chi connectivity index (χ4v) is 4.75. The number of carboxylic acid groups (broad SMARTS) is 1. The van der Waals surface area contributed by atoms with Gasteiger partial charge in [-0.05, 0) is 72.9 Å². The largest absolute Gasteiger partial charge is 0.478 e. The molecule has 1 saturated heterocycles. The Labute approximate surface area is 193 Å². The third kappa shape index (κ3) is 4.64. The highest BCUT2D eigenvalue weighted by molar-refractivity contribution is 5.93. The van der Waals surface area contributed by atoms with Crippen molar-refractivity contribution in [3.8, 4) is 0 Å². The van der Waals surface area contributed by atoms with Crippen LogP contribution in [0.4, 0.5) is 22.7 Å². The van der Waals surface area contributed by atoms with Crippen LogP contribution in [0.25, 0.3) is 0 Å². The number of aromatic nitrogens is 1. The number of carboxylic acids is 1. The Kier molecular flexibility index (Phi) is 5.88. The molecule has 170 valence electrons. The first-order valence-electron chi connectivity index (χ1n) is 11.4. The van der Waals surface area contributed by atoms with Crippen LogP contribution < -0.4 is 15.5 Å². The van der Waals surface area contributed by atoms with E-state index in [-0.39, 0.29) is 11.7 Å². The van der Waals surface area contributed by atoms with Gasteiger partial charge in [0.05, 0.1) is 23.6 Å². The summed E-state index contributed by atoms with van der Waals surface area (Å²) < 4.78 is 0. The average Bonchev–Trinajstić information content (AvgIpc) is 2.81. The van der Waals surface area contributed by atoms with Crippen molar-refractivity contribution < 1.29 is 15.0 Å². The third-order valence-electron chi connectivity index (χ3n) is 6.56. The van der Waals surface area contributed by atoms with E-state index in [4.69, 9.17) is 0 Å². The quantitative estimate of drug-likeness (QED) is 0.433. The molecule has 3 aromatic rings. The number of aliphatic hydroxyl groups is 1. The zero-order valence-electron chi connectivity index (χ0n) is 18.4. The lowest BCUT2D eigenvalue weighted by atomic mass is 9.82. The van der Waals surface area contributed by atoms with E-state index < -0.39 is 5.97 Å². The standard InChI is InChI=1S/C26H28N4O3/c31-22-15-30(16-22)21-7-4-19(5-8-21)29-20-6-9-23-17(12-20)2-1-3-18(23)13-28-25-14-27-11-10-24(25)26(32)33/h4-12,14,18,22,28-29,31H,1-3,13,15-16H2,(H,32,33)/t18-/m0/s1. The molecule has 0 saturated carbocycles.